The van der Waals surface area contributed by atoms with Crippen molar-refractivity contribution in [3.05, 3.63) is 60.3 Å². The highest BCUT2D eigenvalue weighted by Gasteiger charge is 2.33. The van der Waals surface area contributed by atoms with Gasteiger partial charge in [-0.2, -0.15) is 0 Å². The molecule has 1 aromatic carbocycles. The number of carbonyl (C=O) groups excluding carboxylic acids is 2. The van der Waals surface area contributed by atoms with Gasteiger partial charge in [0.25, 0.3) is 5.91 Å². The van der Waals surface area contributed by atoms with E-state index in [4.69, 9.17) is 0 Å². The van der Waals surface area contributed by atoms with Crippen LogP contribution in [0.3, 0.4) is 0 Å². The predicted molar refractivity (Wildman–Crippen MR) is 99.0 cm³/mol. The minimum absolute atomic E-state index is 0.144. The predicted octanol–water partition coefficient (Wildman–Crippen LogP) is 3.04. The SMILES string of the molecule is O=C(c1ccccc1)N1CCCC[C@H](Sc2nnc3ccccn23)C1=O. The highest BCUT2D eigenvalue weighted by atomic mass is 32.2. The largest absolute Gasteiger partial charge is 0.278 e. The monoisotopic (exact) mass is 366 g/mol. The number of rotatable bonds is 3. The lowest BCUT2D eigenvalue weighted by atomic mass is 10.2. The van der Waals surface area contributed by atoms with Gasteiger partial charge in [0, 0.05) is 18.3 Å². The molecule has 1 aliphatic rings. The van der Waals surface area contributed by atoms with Gasteiger partial charge in [0.05, 0.1) is 5.25 Å². The summed E-state index contributed by atoms with van der Waals surface area (Å²) in [5, 5.41) is 8.68. The average Bonchev–Trinajstić information content (AvgIpc) is 3.00. The Labute approximate surface area is 155 Å². The van der Waals surface area contributed by atoms with E-state index in [0.29, 0.717) is 17.3 Å². The first-order chi connectivity index (χ1) is 12.7. The minimum atomic E-state index is -0.335. The molecule has 132 valence electrons. The third-order valence-corrected chi connectivity index (χ3v) is 5.65. The van der Waals surface area contributed by atoms with Gasteiger partial charge in [-0.05, 0) is 37.1 Å². The zero-order valence-electron chi connectivity index (χ0n) is 14.1. The maximum absolute atomic E-state index is 13.0. The number of likely N-dealkylation sites (tertiary alicyclic amines) is 1. The first-order valence-electron chi connectivity index (χ1n) is 8.61. The third-order valence-electron chi connectivity index (χ3n) is 4.44. The number of pyridine rings is 1. The lowest BCUT2D eigenvalue weighted by molar-refractivity contribution is -0.127. The van der Waals surface area contributed by atoms with Crippen molar-refractivity contribution in [3.63, 3.8) is 0 Å². The van der Waals surface area contributed by atoms with Gasteiger partial charge in [-0.3, -0.25) is 18.9 Å². The van der Waals surface area contributed by atoms with E-state index in [9.17, 15) is 9.59 Å². The topological polar surface area (TPSA) is 67.6 Å². The number of amides is 2. The van der Waals surface area contributed by atoms with E-state index < -0.39 is 0 Å². The van der Waals surface area contributed by atoms with Crippen molar-refractivity contribution in [2.24, 2.45) is 0 Å². The zero-order chi connectivity index (χ0) is 17.9. The van der Waals surface area contributed by atoms with Gasteiger partial charge in [0.15, 0.2) is 10.8 Å². The molecule has 0 spiro atoms. The fraction of sp³-hybridized carbons (Fsp3) is 0.263. The zero-order valence-corrected chi connectivity index (χ0v) is 14.9. The Balaban J connectivity index is 1.58. The smallest absolute Gasteiger partial charge is 0.260 e. The number of nitrogens with zero attached hydrogens (tertiary/aromatic N) is 4. The standard InChI is InChI=1S/C19H18N4O2S/c24-17(14-8-2-1-3-9-14)23-13-6-4-10-15(18(23)25)26-19-21-20-16-11-5-7-12-22(16)19/h1-3,5,7-9,11-12,15H,4,6,10,13H2/t15-/m0/s1. The Morgan fingerprint density at radius 3 is 2.69 bits per heavy atom. The summed E-state index contributed by atoms with van der Waals surface area (Å²) in [6.07, 6.45) is 4.33. The molecule has 0 saturated carbocycles. The molecule has 6 nitrogen and oxygen atoms in total. The molecule has 2 aromatic heterocycles. The van der Waals surface area contributed by atoms with Crippen molar-refractivity contribution in [1.29, 1.82) is 0 Å². The van der Waals surface area contributed by atoms with Gasteiger partial charge in [-0.25, -0.2) is 0 Å². The van der Waals surface area contributed by atoms with Gasteiger partial charge < -0.3 is 0 Å². The average molecular weight is 366 g/mol. The molecular formula is C19H18N4O2S. The normalized spacial score (nSPS) is 18.1. The number of aromatic nitrogens is 3. The van der Waals surface area contributed by atoms with Crippen LogP contribution < -0.4 is 0 Å². The van der Waals surface area contributed by atoms with Crippen molar-refractivity contribution in [2.75, 3.05) is 6.54 Å². The summed E-state index contributed by atoms with van der Waals surface area (Å²) in [6, 6.07) is 14.6. The van der Waals surface area contributed by atoms with Crippen LogP contribution in [0.25, 0.3) is 5.65 Å². The molecule has 0 radical (unpaired) electrons. The Kier molecular flexibility index (Phi) is 4.71. The highest BCUT2D eigenvalue weighted by molar-refractivity contribution is 8.00. The molecule has 2 amide bonds. The van der Waals surface area contributed by atoms with Crippen LogP contribution in [0, 0.1) is 0 Å². The molecule has 1 aliphatic heterocycles. The summed E-state index contributed by atoms with van der Waals surface area (Å²) in [4.78, 5) is 27.2. The molecule has 1 saturated heterocycles. The molecular weight excluding hydrogens is 348 g/mol. The molecule has 1 fully saturated rings. The quantitative estimate of drug-likeness (QED) is 0.667. The fourth-order valence-corrected chi connectivity index (χ4v) is 4.20. The molecule has 0 aliphatic carbocycles. The van der Waals surface area contributed by atoms with E-state index in [-0.39, 0.29) is 17.1 Å². The van der Waals surface area contributed by atoms with Crippen LogP contribution >= 0.6 is 11.8 Å². The van der Waals surface area contributed by atoms with Gasteiger partial charge >= 0.3 is 0 Å². The van der Waals surface area contributed by atoms with E-state index in [2.05, 4.69) is 10.2 Å². The van der Waals surface area contributed by atoms with E-state index in [0.717, 1.165) is 24.9 Å². The molecule has 1 atom stereocenters. The van der Waals surface area contributed by atoms with E-state index >= 15 is 0 Å². The second-order valence-corrected chi connectivity index (χ2v) is 7.34. The Morgan fingerprint density at radius 2 is 1.85 bits per heavy atom. The Morgan fingerprint density at radius 1 is 1.04 bits per heavy atom. The molecule has 3 aromatic rings. The van der Waals surface area contributed by atoms with Gasteiger partial charge in [-0.1, -0.05) is 42.4 Å². The summed E-state index contributed by atoms with van der Waals surface area (Å²) >= 11 is 1.38. The van der Waals surface area contributed by atoms with Gasteiger partial charge in [0.1, 0.15) is 0 Å². The third kappa shape index (κ3) is 3.22. The van der Waals surface area contributed by atoms with Crippen LogP contribution in [0.1, 0.15) is 29.6 Å². The molecule has 3 heterocycles. The Hall–Kier alpha value is -2.67. The summed E-state index contributed by atoms with van der Waals surface area (Å²) in [5.41, 5.74) is 1.28. The van der Waals surface area contributed by atoms with Crippen LogP contribution in [0.5, 0.6) is 0 Å². The highest BCUT2D eigenvalue weighted by Crippen LogP contribution is 2.29. The van der Waals surface area contributed by atoms with Gasteiger partial charge in [-0.15, -0.1) is 10.2 Å². The second-order valence-electron chi connectivity index (χ2n) is 6.17. The van der Waals surface area contributed by atoms with Crippen molar-refractivity contribution in [2.45, 2.75) is 29.7 Å². The Bertz CT molecular complexity index is 941. The van der Waals surface area contributed by atoms with E-state index in [1.165, 1.54) is 16.7 Å². The molecule has 26 heavy (non-hydrogen) atoms. The molecule has 0 unspecified atom stereocenters. The number of hydrogen-bond acceptors (Lipinski definition) is 5. The van der Waals surface area contributed by atoms with Gasteiger partial charge in [0.2, 0.25) is 5.91 Å². The van der Waals surface area contributed by atoms with Crippen LogP contribution in [0.4, 0.5) is 0 Å². The maximum atomic E-state index is 13.0. The van der Waals surface area contributed by atoms with E-state index in [1.54, 1.807) is 12.1 Å². The number of benzene rings is 1. The molecule has 7 heteroatoms. The number of fused-ring (bicyclic) bond motifs is 1. The summed E-state index contributed by atoms with van der Waals surface area (Å²) in [5.74, 6) is -0.372. The number of hydrogen-bond donors (Lipinski definition) is 0. The van der Waals surface area contributed by atoms with Crippen LogP contribution in [-0.2, 0) is 4.79 Å². The molecule has 0 bridgehead atoms. The summed E-state index contributed by atoms with van der Waals surface area (Å²) in [7, 11) is 0. The number of thioether (sulfide) groups is 1. The maximum Gasteiger partial charge on any atom is 0.260 e. The van der Waals surface area contributed by atoms with Crippen molar-refractivity contribution in [3.8, 4) is 0 Å². The lowest BCUT2D eigenvalue weighted by Crippen LogP contribution is -2.41. The van der Waals surface area contributed by atoms with Crippen LogP contribution in [0.15, 0.2) is 59.9 Å². The molecule has 0 N–H and O–H groups in total. The van der Waals surface area contributed by atoms with Crippen molar-refractivity contribution < 1.29 is 9.59 Å². The minimum Gasteiger partial charge on any atom is -0.278 e. The lowest BCUT2D eigenvalue weighted by Gasteiger charge is -2.22. The van der Waals surface area contributed by atoms with Crippen LogP contribution in [0.2, 0.25) is 0 Å². The number of imide groups is 1. The van der Waals surface area contributed by atoms with Crippen molar-refractivity contribution >= 4 is 29.2 Å². The first kappa shape index (κ1) is 16.8. The summed E-state index contributed by atoms with van der Waals surface area (Å²) in [6.45, 7) is 0.463. The van der Waals surface area contributed by atoms with E-state index in [1.807, 2.05) is 47.0 Å². The van der Waals surface area contributed by atoms with Crippen LogP contribution in [-0.4, -0.2) is 43.1 Å². The summed E-state index contributed by atoms with van der Waals surface area (Å²) < 4.78 is 1.87. The molecule has 4 rings (SSSR count). The first-order valence-corrected chi connectivity index (χ1v) is 9.49. The fourth-order valence-electron chi connectivity index (χ4n) is 3.08. The number of carbonyl (C=O) groups is 2. The van der Waals surface area contributed by atoms with Crippen molar-refractivity contribution in [1.82, 2.24) is 19.5 Å². The second kappa shape index (κ2) is 7.29.